The van der Waals surface area contributed by atoms with E-state index in [9.17, 15) is 4.79 Å². The number of hydrogen-bond donors (Lipinski definition) is 2. The fourth-order valence-corrected chi connectivity index (χ4v) is 1.92. The lowest BCUT2D eigenvalue weighted by Gasteiger charge is -2.09. The molecule has 17 heavy (non-hydrogen) atoms. The quantitative estimate of drug-likeness (QED) is 0.809. The van der Waals surface area contributed by atoms with Crippen LogP contribution < -0.4 is 10.6 Å². The zero-order chi connectivity index (χ0) is 12.1. The molecule has 1 unspecified atom stereocenters. The number of benzene rings is 1. The van der Waals surface area contributed by atoms with Crippen molar-refractivity contribution < 1.29 is 4.79 Å². The van der Waals surface area contributed by atoms with Gasteiger partial charge >= 0.3 is 0 Å². The van der Waals surface area contributed by atoms with Crippen LogP contribution in [0.1, 0.15) is 22.3 Å². The normalized spacial score (nSPS) is 18.6. The summed E-state index contributed by atoms with van der Waals surface area (Å²) in [6, 6.07) is 8.71. The number of hydrogen-bond acceptors (Lipinski definition) is 3. The molecule has 0 aromatic heterocycles. The highest BCUT2D eigenvalue weighted by molar-refractivity contribution is 5.94. The fourth-order valence-electron chi connectivity index (χ4n) is 1.92. The van der Waals surface area contributed by atoms with Gasteiger partial charge < -0.3 is 10.6 Å². The first-order valence-corrected chi connectivity index (χ1v) is 5.78. The Balaban J connectivity index is 1.88. The summed E-state index contributed by atoms with van der Waals surface area (Å²) in [5.74, 6) is 0.471. The van der Waals surface area contributed by atoms with Crippen LogP contribution in [0.4, 0.5) is 0 Å². The van der Waals surface area contributed by atoms with Crippen molar-refractivity contribution >= 4 is 5.91 Å². The first-order chi connectivity index (χ1) is 8.29. The number of rotatable bonds is 3. The molecule has 0 radical (unpaired) electrons. The Morgan fingerprint density at radius 1 is 1.47 bits per heavy atom. The Kier molecular flexibility index (Phi) is 3.73. The van der Waals surface area contributed by atoms with Crippen molar-refractivity contribution in [2.45, 2.75) is 6.42 Å². The lowest BCUT2D eigenvalue weighted by Crippen LogP contribution is -2.30. The summed E-state index contributed by atoms with van der Waals surface area (Å²) < 4.78 is 0. The second-order valence-corrected chi connectivity index (χ2v) is 4.26. The van der Waals surface area contributed by atoms with Gasteiger partial charge in [0.15, 0.2) is 0 Å². The summed E-state index contributed by atoms with van der Waals surface area (Å²) in [5.41, 5.74) is 1.18. The molecule has 2 rings (SSSR count). The monoisotopic (exact) mass is 229 g/mol. The topological polar surface area (TPSA) is 64.9 Å². The highest BCUT2D eigenvalue weighted by atomic mass is 16.1. The van der Waals surface area contributed by atoms with E-state index in [1.807, 2.05) is 6.07 Å². The number of carbonyl (C=O) groups is 1. The van der Waals surface area contributed by atoms with Gasteiger partial charge in [-0.2, -0.15) is 5.26 Å². The fraction of sp³-hybridized carbons (Fsp3) is 0.385. The van der Waals surface area contributed by atoms with Gasteiger partial charge in [-0.15, -0.1) is 0 Å². The number of carbonyl (C=O) groups excluding carboxylic acids is 1. The zero-order valence-electron chi connectivity index (χ0n) is 9.57. The highest BCUT2D eigenvalue weighted by Gasteiger charge is 2.15. The molecular weight excluding hydrogens is 214 g/mol. The van der Waals surface area contributed by atoms with E-state index in [0.29, 0.717) is 23.6 Å². The van der Waals surface area contributed by atoms with Crippen LogP contribution in [0, 0.1) is 17.2 Å². The number of nitriles is 1. The summed E-state index contributed by atoms with van der Waals surface area (Å²) in [5, 5.41) is 14.8. The lowest BCUT2D eigenvalue weighted by molar-refractivity contribution is 0.0948. The first-order valence-electron chi connectivity index (χ1n) is 5.78. The minimum absolute atomic E-state index is 0.0682. The predicted molar refractivity (Wildman–Crippen MR) is 64.5 cm³/mol. The molecule has 2 N–H and O–H groups in total. The highest BCUT2D eigenvalue weighted by Crippen LogP contribution is 2.07. The van der Waals surface area contributed by atoms with E-state index in [1.54, 1.807) is 24.3 Å². The molecule has 0 saturated carbocycles. The van der Waals surface area contributed by atoms with Crippen molar-refractivity contribution in [2.75, 3.05) is 19.6 Å². The zero-order valence-corrected chi connectivity index (χ0v) is 9.57. The Hall–Kier alpha value is -1.86. The van der Waals surface area contributed by atoms with Crippen LogP contribution in [0.2, 0.25) is 0 Å². The van der Waals surface area contributed by atoms with Crippen molar-refractivity contribution in [3.05, 3.63) is 35.4 Å². The molecule has 4 heteroatoms. The SMILES string of the molecule is N#Cc1ccc(C(=O)NCC2CCNC2)cc1. The third-order valence-electron chi connectivity index (χ3n) is 2.99. The molecule has 1 fully saturated rings. The van der Waals surface area contributed by atoms with Gasteiger partial charge in [-0.25, -0.2) is 0 Å². The van der Waals surface area contributed by atoms with Crippen LogP contribution in [0.5, 0.6) is 0 Å². The minimum atomic E-state index is -0.0682. The Bertz CT molecular complexity index is 427. The molecule has 0 bridgehead atoms. The second kappa shape index (κ2) is 5.46. The summed E-state index contributed by atoms with van der Waals surface area (Å²) in [6.07, 6.45) is 1.12. The van der Waals surface area contributed by atoms with Gasteiger partial charge in [0, 0.05) is 12.1 Å². The predicted octanol–water partition coefficient (Wildman–Crippen LogP) is 0.898. The molecule has 1 aromatic carbocycles. The standard InChI is InChI=1S/C13H15N3O/c14-7-10-1-3-12(4-2-10)13(17)16-9-11-5-6-15-8-11/h1-4,11,15H,5-6,8-9H2,(H,16,17). The molecule has 88 valence electrons. The van der Waals surface area contributed by atoms with Crippen LogP contribution in [0.25, 0.3) is 0 Å². The Morgan fingerprint density at radius 2 is 2.24 bits per heavy atom. The third-order valence-corrected chi connectivity index (χ3v) is 2.99. The van der Waals surface area contributed by atoms with Gasteiger partial charge in [0.2, 0.25) is 0 Å². The molecule has 1 amide bonds. The van der Waals surface area contributed by atoms with Crippen LogP contribution in [0.15, 0.2) is 24.3 Å². The van der Waals surface area contributed by atoms with E-state index in [1.165, 1.54) is 0 Å². The van der Waals surface area contributed by atoms with Gasteiger partial charge in [-0.1, -0.05) is 0 Å². The van der Waals surface area contributed by atoms with Gasteiger partial charge in [-0.05, 0) is 49.7 Å². The smallest absolute Gasteiger partial charge is 0.251 e. The van der Waals surface area contributed by atoms with Crippen LogP contribution in [-0.2, 0) is 0 Å². The lowest BCUT2D eigenvalue weighted by atomic mass is 10.1. The van der Waals surface area contributed by atoms with Gasteiger partial charge in [-0.3, -0.25) is 4.79 Å². The van der Waals surface area contributed by atoms with Crippen molar-refractivity contribution in [3.63, 3.8) is 0 Å². The Labute approximate surface area is 101 Å². The maximum Gasteiger partial charge on any atom is 0.251 e. The summed E-state index contributed by atoms with van der Waals surface area (Å²) >= 11 is 0. The third kappa shape index (κ3) is 3.05. The molecule has 0 aliphatic carbocycles. The van der Waals surface area contributed by atoms with Gasteiger partial charge in [0.25, 0.3) is 5.91 Å². The minimum Gasteiger partial charge on any atom is -0.352 e. The summed E-state index contributed by atoms with van der Waals surface area (Å²) in [4.78, 5) is 11.8. The number of nitrogens with zero attached hydrogens (tertiary/aromatic N) is 1. The van der Waals surface area contributed by atoms with Gasteiger partial charge in [0.1, 0.15) is 0 Å². The maximum absolute atomic E-state index is 11.8. The first kappa shape index (κ1) is 11.6. The van der Waals surface area contributed by atoms with E-state index in [4.69, 9.17) is 5.26 Å². The van der Waals surface area contributed by atoms with E-state index in [2.05, 4.69) is 10.6 Å². The molecule has 0 spiro atoms. The summed E-state index contributed by atoms with van der Waals surface area (Å²) in [6.45, 7) is 2.73. The molecular formula is C13H15N3O. The molecule has 1 atom stereocenters. The molecule has 1 aliphatic heterocycles. The number of amides is 1. The van der Waals surface area contributed by atoms with Gasteiger partial charge in [0.05, 0.1) is 11.6 Å². The average molecular weight is 229 g/mol. The van der Waals surface area contributed by atoms with Crippen molar-refractivity contribution in [2.24, 2.45) is 5.92 Å². The molecule has 1 saturated heterocycles. The summed E-state index contributed by atoms with van der Waals surface area (Å²) in [7, 11) is 0. The molecule has 4 nitrogen and oxygen atoms in total. The second-order valence-electron chi connectivity index (χ2n) is 4.26. The van der Waals surface area contributed by atoms with Crippen molar-refractivity contribution in [3.8, 4) is 6.07 Å². The van der Waals surface area contributed by atoms with E-state index >= 15 is 0 Å². The van der Waals surface area contributed by atoms with Crippen LogP contribution >= 0.6 is 0 Å². The Morgan fingerprint density at radius 3 is 2.82 bits per heavy atom. The largest absolute Gasteiger partial charge is 0.352 e. The molecule has 1 aliphatic rings. The van der Waals surface area contributed by atoms with Crippen LogP contribution in [0.3, 0.4) is 0 Å². The number of nitrogens with one attached hydrogen (secondary N) is 2. The maximum atomic E-state index is 11.8. The van der Waals surface area contributed by atoms with Crippen molar-refractivity contribution in [1.82, 2.24) is 10.6 Å². The van der Waals surface area contributed by atoms with E-state index in [-0.39, 0.29) is 5.91 Å². The van der Waals surface area contributed by atoms with Crippen LogP contribution in [-0.4, -0.2) is 25.5 Å². The van der Waals surface area contributed by atoms with E-state index < -0.39 is 0 Å². The molecule has 1 aromatic rings. The van der Waals surface area contributed by atoms with E-state index in [0.717, 1.165) is 19.5 Å². The average Bonchev–Trinajstić information content (AvgIpc) is 2.89. The molecule has 1 heterocycles. The van der Waals surface area contributed by atoms with Crippen molar-refractivity contribution in [1.29, 1.82) is 5.26 Å².